The van der Waals surface area contributed by atoms with Gasteiger partial charge in [0, 0.05) is 34.0 Å². The maximum Gasteiger partial charge on any atom is 0.322 e. The molecule has 4 saturated carbocycles. The summed E-state index contributed by atoms with van der Waals surface area (Å²) in [6, 6.07) is 26.4. The molecule has 41 heavy (non-hydrogen) atoms. The van der Waals surface area contributed by atoms with E-state index in [2.05, 4.69) is 53.8 Å². The van der Waals surface area contributed by atoms with E-state index in [-0.39, 0.29) is 17.5 Å². The van der Waals surface area contributed by atoms with Crippen molar-refractivity contribution in [2.45, 2.75) is 80.0 Å². The Morgan fingerprint density at radius 1 is 0.854 bits per heavy atom. The van der Waals surface area contributed by atoms with Gasteiger partial charge in [-0.05, 0) is 123 Å². The molecule has 6 heteroatoms. The normalized spacial score (nSPS) is 24.2. The third kappa shape index (κ3) is 6.81. The number of urea groups is 1. The van der Waals surface area contributed by atoms with E-state index in [4.69, 9.17) is 4.74 Å². The maximum absolute atomic E-state index is 13.9. The van der Waals surface area contributed by atoms with Crippen molar-refractivity contribution in [1.29, 1.82) is 0 Å². The van der Waals surface area contributed by atoms with Crippen molar-refractivity contribution in [2.75, 3.05) is 11.4 Å². The average molecular weight is 569 g/mol. The van der Waals surface area contributed by atoms with Gasteiger partial charge in [0.25, 0.3) is 0 Å². The number of esters is 1. The predicted octanol–water partition coefficient (Wildman–Crippen LogP) is 8.27. The molecule has 5 nitrogen and oxygen atoms in total. The van der Waals surface area contributed by atoms with Gasteiger partial charge in [-0.25, -0.2) is 4.79 Å². The number of nitrogens with one attached hydrogen (secondary N) is 1. The molecular formula is C35H40N2O3S. The van der Waals surface area contributed by atoms with Gasteiger partial charge < -0.3 is 10.1 Å². The highest BCUT2D eigenvalue weighted by Crippen LogP contribution is 2.55. The molecule has 0 radical (unpaired) electrons. The zero-order chi connectivity index (χ0) is 28.2. The SMILES string of the molecule is CCCC(=O)Oc1ccc(Sc2ccc(N(CCc3ccccc3)C(=O)NC34CC5CC(CC(C5)C3)C4)cc2)cc1. The van der Waals surface area contributed by atoms with Gasteiger partial charge in [0.1, 0.15) is 5.75 Å². The fourth-order valence-corrected chi connectivity index (χ4v) is 8.40. The Hall–Kier alpha value is -3.25. The third-order valence-electron chi connectivity index (χ3n) is 9.02. The largest absolute Gasteiger partial charge is 0.427 e. The zero-order valence-corrected chi connectivity index (χ0v) is 24.7. The highest BCUT2D eigenvalue weighted by Gasteiger charge is 2.51. The molecule has 0 aromatic heterocycles. The number of carbonyl (C=O) groups is 2. The Labute approximate surface area is 248 Å². The summed E-state index contributed by atoms with van der Waals surface area (Å²) in [5.74, 6) is 2.73. The van der Waals surface area contributed by atoms with E-state index in [9.17, 15) is 9.59 Å². The van der Waals surface area contributed by atoms with Gasteiger partial charge in [-0.15, -0.1) is 0 Å². The van der Waals surface area contributed by atoms with Crippen molar-refractivity contribution in [1.82, 2.24) is 5.32 Å². The Kier molecular flexibility index (Phi) is 8.38. The number of hydrogen-bond donors (Lipinski definition) is 1. The number of nitrogens with zero attached hydrogens (tertiary/aromatic N) is 1. The summed E-state index contributed by atoms with van der Waals surface area (Å²) >= 11 is 1.65. The number of carbonyl (C=O) groups excluding carboxylic acids is 2. The second-order valence-corrected chi connectivity index (χ2v) is 13.5. The Morgan fingerprint density at radius 3 is 2.02 bits per heavy atom. The minimum Gasteiger partial charge on any atom is -0.427 e. The molecule has 214 valence electrons. The van der Waals surface area contributed by atoms with Gasteiger partial charge in [0.15, 0.2) is 0 Å². The summed E-state index contributed by atoms with van der Waals surface area (Å²) in [5.41, 5.74) is 2.13. The van der Waals surface area contributed by atoms with E-state index in [0.717, 1.165) is 65.3 Å². The molecule has 0 heterocycles. The Balaban J connectivity index is 1.14. The molecular weight excluding hydrogens is 528 g/mol. The van der Waals surface area contributed by atoms with Crippen LogP contribution in [0.3, 0.4) is 0 Å². The molecule has 4 aliphatic carbocycles. The first-order valence-corrected chi connectivity index (χ1v) is 16.0. The van der Waals surface area contributed by atoms with E-state index in [0.29, 0.717) is 18.7 Å². The lowest BCUT2D eigenvalue weighted by atomic mass is 9.53. The number of anilines is 1. The van der Waals surface area contributed by atoms with Crippen molar-refractivity contribution in [3.05, 3.63) is 84.4 Å². The van der Waals surface area contributed by atoms with Crippen LogP contribution in [-0.2, 0) is 11.2 Å². The molecule has 0 aliphatic heterocycles. The summed E-state index contributed by atoms with van der Waals surface area (Å²) in [5, 5.41) is 3.59. The molecule has 2 amide bonds. The lowest BCUT2D eigenvalue weighted by Crippen LogP contribution is -2.62. The molecule has 3 aromatic carbocycles. The van der Waals surface area contributed by atoms with Gasteiger partial charge in [-0.2, -0.15) is 0 Å². The molecule has 7 rings (SSSR count). The minimum atomic E-state index is -0.201. The summed E-state index contributed by atoms with van der Waals surface area (Å²) in [7, 11) is 0. The second kappa shape index (κ2) is 12.3. The number of rotatable bonds is 10. The van der Waals surface area contributed by atoms with Crippen LogP contribution >= 0.6 is 11.8 Å². The van der Waals surface area contributed by atoms with Crippen molar-refractivity contribution in [3.8, 4) is 5.75 Å². The zero-order valence-electron chi connectivity index (χ0n) is 23.9. The molecule has 0 spiro atoms. The number of hydrogen-bond acceptors (Lipinski definition) is 4. The molecule has 1 N–H and O–H groups in total. The van der Waals surface area contributed by atoms with Crippen LogP contribution in [0.4, 0.5) is 10.5 Å². The van der Waals surface area contributed by atoms with Gasteiger partial charge >= 0.3 is 12.0 Å². The standard InChI is InChI=1S/C35H40N2O3S/c1-2-6-33(38)40-30-11-15-32(16-12-30)41-31-13-9-29(10-14-31)37(18-17-25-7-4-3-5-8-25)34(39)36-35-22-26-19-27(23-35)21-28(20-26)24-35/h3-5,7-16,26-28H,2,6,17-24H2,1H3,(H,36,39). The van der Waals surface area contributed by atoms with Gasteiger partial charge in [-0.3, -0.25) is 9.69 Å². The van der Waals surface area contributed by atoms with Crippen molar-refractivity contribution in [2.24, 2.45) is 17.8 Å². The summed E-state index contributed by atoms with van der Waals surface area (Å²) in [4.78, 5) is 29.8. The van der Waals surface area contributed by atoms with Crippen LogP contribution < -0.4 is 15.0 Å². The summed E-state index contributed by atoms with van der Waals surface area (Å²) < 4.78 is 5.38. The predicted molar refractivity (Wildman–Crippen MR) is 164 cm³/mol. The van der Waals surface area contributed by atoms with Crippen molar-refractivity contribution < 1.29 is 14.3 Å². The van der Waals surface area contributed by atoms with Crippen molar-refractivity contribution >= 4 is 29.4 Å². The minimum absolute atomic E-state index is 0.0242. The fourth-order valence-electron chi connectivity index (χ4n) is 7.58. The summed E-state index contributed by atoms with van der Waals surface area (Å²) in [6.07, 6.45) is 9.51. The monoisotopic (exact) mass is 568 g/mol. The molecule has 0 atom stereocenters. The first-order chi connectivity index (χ1) is 20.0. The number of benzene rings is 3. The van der Waals surface area contributed by atoms with Crippen LogP contribution in [0, 0.1) is 17.8 Å². The van der Waals surface area contributed by atoms with Gasteiger partial charge in [0.2, 0.25) is 0 Å². The molecule has 0 saturated heterocycles. The van der Waals surface area contributed by atoms with E-state index in [1.54, 1.807) is 11.8 Å². The highest BCUT2D eigenvalue weighted by molar-refractivity contribution is 7.99. The van der Waals surface area contributed by atoms with Crippen LogP contribution in [0.25, 0.3) is 0 Å². The smallest absolute Gasteiger partial charge is 0.322 e. The van der Waals surface area contributed by atoms with Crippen LogP contribution in [0.1, 0.15) is 63.9 Å². The quantitative estimate of drug-likeness (QED) is 0.198. The Bertz CT molecular complexity index is 1300. The Morgan fingerprint density at radius 2 is 1.44 bits per heavy atom. The lowest BCUT2D eigenvalue weighted by molar-refractivity contribution is -0.134. The number of amides is 2. The molecule has 4 fully saturated rings. The third-order valence-corrected chi connectivity index (χ3v) is 10.0. The maximum atomic E-state index is 13.9. The first-order valence-electron chi connectivity index (χ1n) is 15.2. The van der Waals surface area contributed by atoms with Crippen LogP contribution in [0.2, 0.25) is 0 Å². The lowest BCUT2D eigenvalue weighted by Gasteiger charge is -2.57. The van der Waals surface area contributed by atoms with E-state index in [1.807, 2.05) is 42.2 Å². The average Bonchev–Trinajstić information content (AvgIpc) is 2.95. The summed E-state index contributed by atoms with van der Waals surface area (Å²) in [6.45, 7) is 2.59. The van der Waals surface area contributed by atoms with E-state index >= 15 is 0 Å². The fraction of sp³-hybridized carbons (Fsp3) is 0.429. The first kappa shape index (κ1) is 27.9. The molecule has 4 aliphatic rings. The number of ether oxygens (including phenoxy) is 1. The topological polar surface area (TPSA) is 58.6 Å². The van der Waals surface area contributed by atoms with E-state index < -0.39 is 0 Å². The van der Waals surface area contributed by atoms with Crippen LogP contribution in [-0.4, -0.2) is 24.1 Å². The van der Waals surface area contributed by atoms with E-state index in [1.165, 1.54) is 24.8 Å². The van der Waals surface area contributed by atoms with Crippen LogP contribution in [0.15, 0.2) is 88.7 Å². The van der Waals surface area contributed by atoms with Gasteiger partial charge in [-0.1, -0.05) is 49.0 Å². The molecule has 3 aromatic rings. The van der Waals surface area contributed by atoms with Crippen LogP contribution in [0.5, 0.6) is 5.75 Å². The van der Waals surface area contributed by atoms with Crippen molar-refractivity contribution in [3.63, 3.8) is 0 Å². The molecule has 4 bridgehead atoms. The second-order valence-electron chi connectivity index (χ2n) is 12.3. The molecule has 0 unspecified atom stereocenters. The van der Waals surface area contributed by atoms with Gasteiger partial charge in [0.05, 0.1) is 0 Å². The highest BCUT2D eigenvalue weighted by atomic mass is 32.2.